The highest BCUT2D eigenvalue weighted by atomic mass is 16.6. The highest BCUT2D eigenvalue weighted by Gasteiger charge is 2.22. The fourth-order valence-electron chi connectivity index (χ4n) is 1.97. The molecule has 1 aromatic carbocycles. The van der Waals surface area contributed by atoms with Crippen LogP contribution >= 0.6 is 0 Å². The summed E-state index contributed by atoms with van der Waals surface area (Å²) in [5, 5.41) is 0. The van der Waals surface area contributed by atoms with Crippen molar-refractivity contribution in [3.8, 4) is 5.75 Å². The topological polar surface area (TPSA) is 27.7 Å². The Hall–Kier alpha value is -1.06. The lowest BCUT2D eigenvalue weighted by molar-refractivity contribution is -0.135. The Kier molecular flexibility index (Phi) is 5.02. The summed E-state index contributed by atoms with van der Waals surface area (Å²) in [6.07, 6.45) is 2.36. The van der Waals surface area contributed by atoms with Gasteiger partial charge >= 0.3 is 0 Å². The van der Waals surface area contributed by atoms with Gasteiger partial charge in [0.05, 0.1) is 25.9 Å². The second-order valence-electron chi connectivity index (χ2n) is 4.60. The molecule has 1 heterocycles. The largest absolute Gasteiger partial charge is 0.494 e. The Labute approximate surface area is 109 Å². The van der Waals surface area contributed by atoms with Gasteiger partial charge in [0.1, 0.15) is 11.9 Å². The first-order valence-electron chi connectivity index (χ1n) is 6.79. The van der Waals surface area contributed by atoms with Gasteiger partial charge in [-0.05, 0) is 30.5 Å². The quantitative estimate of drug-likeness (QED) is 0.802. The summed E-state index contributed by atoms with van der Waals surface area (Å²) in [6, 6.07) is 8.12. The number of hydrogen-bond acceptors (Lipinski definition) is 3. The van der Waals surface area contributed by atoms with Gasteiger partial charge in [0.15, 0.2) is 0 Å². The van der Waals surface area contributed by atoms with Gasteiger partial charge in [-0.15, -0.1) is 0 Å². The molecule has 100 valence electrons. The van der Waals surface area contributed by atoms with Crippen LogP contribution in [0.4, 0.5) is 0 Å². The predicted octanol–water partition coefficient (Wildman–Crippen LogP) is 3.34. The molecule has 18 heavy (non-hydrogen) atoms. The van der Waals surface area contributed by atoms with E-state index in [1.165, 1.54) is 0 Å². The normalized spacial score (nSPS) is 23.9. The van der Waals surface area contributed by atoms with Crippen LogP contribution in [0.5, 0.6) is 5.75 Å². The van der Waals surface area contributed by atoms with Gasteiger partial charge < -0.3 is 14.2 Å². The molecule has 1 aliphatic heterocycles. The van der Waals surface area contributed by atoms with Crippen LogP contribution in [0.3, 0.4) is 0 Å². The lowest BCUT2D eigenvalue weighted by Crippen LogP contribution is -2.30. The molecule has 0 spiro atoms. The fourth-order valence-corrected chi connectivity index (χ4v) is 1.97. The van der Waals surface area contributed by atoms with Crippen molar-refractivity contribution >= 4 is 0 Å². The second kappa shape index (κ2) is 6.76. The average molecular weight is 250 g/mol. The lowest BCUT2D eigenvalue weighted by atomic mass is 10.1. The highest BCUT2D eigenvalue weighted by molar-refractivity contribution is 5.28. The third-order valence-corrected chi connectivity index (χ3v) is 3.15. The first-order valence-corrected chi connectivity index (χ1v) is 6.79. The van der Waals surface area contributed by atoms with Crippen LogP contribution in [0.1, 0.15) is 38.4 Å². The van der Waals surface area contributed by atoms with E-state index in [0.717, 1.165) is 30.8 Å². The summed E-state index contributed by atoms with van der Waals surface area (Å²) in [6.45, 7) is 6.32. The van der Waals surface area contributed by atoms with Crippen molar-refractivity contribution in [1.29, 1.82) is 0 Å². The Balaban J connectivity index is 1.89. The first kappa shape index (κ1) is 13.4. The van der Waals surface area contributed by atoms with Gasteiger partial charge in [-0.2, -0.15) is 0 Å². The van der Waals surface area contributed by atoms with Gasteiger partial charge in [-0.3, -0.25) is 0 Å². The van der Waals surface area contributed by atoms with E-state index in [-0.39, 0.29) is 12.2 Å². The summed E-state index contributed by atoms with van der Waals surface area (Å²) in [7, 11) is 0. The molecular weight excluding hydrogens is 228 g/mol. The van der Waals surface area contributed by atoms with Crippen molar-refractivity contribution in [3.63, 3.8) is 0 Å². The number of ether oxygens (including phenoxy) is 3. The molecule has 0 aromatic heterocycles. The third-order valence-electron chi connectivity index (χ3n) is 3.15. The van der Waals surface area contributed by atoms with Crippen molar-refractivity contribution in [2.24, 2.45) is 0 Å². The number of benzene rings is 1. The zero-order valence-corrected chi connectivity index (χ0v) is 11.2. The molecule has 3 heteroatoms. The van der Waals surface area contributed by atoms with Crippen molar-refractivity contribution in [3.05, 3.63) is 29.8 Å². The average Bonchev–Trinajstić information content (AvgIpc) is 2.46. The Morgan fingerprint density at radius 1 is 1.11 bits per heavy atom. The second-order valence-corrected chi connectivity index (χ2v) is 4.60. The van der Waals surface area contributed by atoms with E-state index in [0.29, 0.717) is 13.2 Å². The van der Waals surface area contributed by atoms with Gasteiger partial charge in [-0.1, -0.05) is 26.0 Å². The van der Waals surface area contributed by atoms with Crippen LogP contribution in [0.2, 0.25) is 0 Å². The molecule has 2 unspecified atom stereocenters. The van der Waals surface area contributed by atoms with E-state index in [1.807, 2.05) is 12.1 Å². The summed E-state index contributed by atoms with van der Waals surface area (Å²) >= 11 is 0. The molecule has 1 aliphatic rings. The smallest absolute Gasteiger partial charge is 0.119 e. The van der Waals surface area contributed by atoms with E-state index < -0.39 is 0 Å². The molecule has 0 bridgehead atoms. The van der Waals surface area contributed by atoms with Crippen LogP contribution < -0.4 is 4.74 Å². The van der Waals surface area contributed by atoms with Gasteiger partial charge in [0.25, 0.3) is 0 Å². The number of hydrogen-bond donors (Lipinski definition) is 0. The maximum Gasteiger partial charge on any atom is 0.119 e. The minimum absolute atomic E-state index is 0.0630. The molecule has 1 saturated heterocycles. The predicted molar refractivity (Wildman–Crippen MR) is 71.0 cm³/mol. The molecule has 2 atom stereocenters. The minimum Gasteiger partial charge on any atom is -0.494 e. The zero-order valence-electron chi connectivity index (χ0n) is 11.2. The molecule has 0 N–H and O–H groups in total. The third kappa shape index (κ3) is 3.47. The molecule has 0 aliphatic carbocycles. The Bertz CT molecular complexity index is 339. The summed E-state index contributed by atoms with van der Waals surface area (Å²) in [5.41, 5.74) is 1.16. The molecule has 0 radical (unpaired) electrons. The van der Waals surface area contributed by atoms with Crippen LogP contribution in [0.15, 0.2) is 24.3 Å². The Morgan fingerprint density at radius 2 is 1.89 bits per heavy atom. The van der Waals surface area contributed by atoms with Gasteiger partial charge in [0, 0.05) is 0 Å². The minimum atomic E-state index is 0.0630. The van der Waals surface area contributed by atoms with Crippen molar-refractivity contribution in [2.45, 2.75) is 38.9 Å². The summed E-state index contributed by atoms with van der Waals surface area (Å²) in [5.74, 6) is 0.920. The van der Waals surface area contributed by atoms with Crippen LogP contribution in [-0.4, -0.2) is 25.9 Å². The molecule has 1 aromatic rings. The van der Waals surface area contributed by atoms with E-state index in [4.69, 9.17) is 14.2 Å². The van der Waals surface area contributed by atoms with E-state index in [2.05, 4.69) is 26.0 Å². The maximum atomic E-state index is 5.82. The standard InChI is InChI=1S/C15H22O3/c1-3-9-16-14-7-5-12(6-8-14)15-11-17-13(4-2)10-18-15/h5-8,13,15H,3-4,9-11H2,1-2H3. The highest BCUT2D eigenvalue weighted by Crippen LogP contribution is 2.25. The Morgan fingerprint density at radius 3 is 2.44 bits per heavy atom. The van der Waals surface area contributed by atoms with Crippen molar-refractivity contribution in [1.82, 2.24) is 0 Å². The van der Waals surface area contributed by atoms with Crippen molar-refractivity contribution in [2.75, 3.05) is 19.8 Å². The van der Waals surface area contributed by atoms with E-state index >= 15 is 0 Å². The molecular formula is C15H22O3. The van der Waals surface area contributed by atoms with Crippen LogP contribution in [0.25, 0.3) is 0 Å². The van der Waals surface area contributed by atoms with E-state index in [1.54, 1.807) is 0 Å². The maximum absolute atomic E-state index is 5.82. The molecule has 0 amide bonds. The first-order chi connectivity index (χ1) is 8.83. The zero-order chi connectivity index (χ0) is 12.8. The van der Waals surface area contributed by atoms with Gasteiger partial charge in [0.2, 0.25) is 0 Å². The molecule has 0 saturated carbocycles. The fraction of sp³-hybridized carbons (Fsp3) is 0.600. The van der Waals surface area contributed by atoms with Gasteiger partial charge in [-0.25, -0.2) is 0 Å². The van der Waals surface area contributed by atoms with E-state index in [9.17, 15) is 0 Å². The summed E-state index contributed by atoms with van der Waals surface area (Å²) < 4.78 is 17.1. The monoisotopic (exact) mass is 250 g/mol. The van der Waals surface area contributed by atoms with Crippen molar-refractivity contribution < 1.29 is 14.2 Å². The lowest BCUT2D eigenvalue weighted by Gasteiger charge is -2.29. The number of rotatable bonds is 5. The summed E-state index contributed by atoms with van der Waals surface area (Å²) in [4.78, 5) is 0. The molecule has 1 fully saturated rings. The molecule has 2 rings (SSSR count). The van der Waals surface area contributed by atoms with Crippen LogP contribution in [-0.2, 0) is 9.47 Å². The molecule has 3 nitrogen and oxygen atoms in total. The SMILES string of the molecule is CCCOc1ccc(C2COC(CC)CO2)cc1. The van der Waals surface area contributed by atoms with Crippen LogP contribution in [0, 0.1) is 0 Å².